The van der Waals surface area contributed by atoms with Gasteiger partial charge in [0.05, 0.1) is 42.1 Å². The SMILES string of the molecule is CCONC(=O)C[C@H]1CN(S(=O)(=O)c2cccc(C(F)(F)F)c2)c2cc(CC(=O)OC(C)(C)C)ccc2O1. The summed E-state index contributed by atoms with van der Waals surface area (Å²) < 4.78 is 79.3. The average molecular weight is 559 g/mol. The van der Waals surface area contributed by atoms with Gasteiger partial charge in [-0.05, 0) is 63.6 Å². The van der Waals surface area contributed by atoms with Gasteiger partial charge in [-0.3, -0.25) is 18.7 Å². The number of rotatable bonds is 8. The standard InChI is InChI=1S/C25H29F3N2O7S/c1-5-35-29-22(31)14-18-15-30(38(33,34)19-8-6-7-17(13-19)25(26,27)28)20-11-16(9-10-21(20)36-18)12-23(32)37-24(2,3)4/h6-11,13,18H,5,12,14-15H2,1-4H3,(H,29,31)/t18-/m0/s1. The van der Waals surface area contributed by atoms with Gasteiger partial charge in [0.25, 0.3) is 10.0 Å². The van der Waals surface area contributed by atoms with E-state index in [9.17, 15) is 31.2 Å². The van der Waals surface area contributed by atoms with E-state index in [1.54, 1.807) is 33.8 Å². The van der Waals surface area contributed by atoms with Crippen molar-refractivity contribution < 1.29 is 45.5 Å². The quantitative estimate of drug-likeness (QED) is 0.385. The molecule has 208 valence electrons. The zero-order valence-corrected chi connectivity index (χ0v) is 22.1. The summed E-state index contributed by atoms with van der Waals surface area (Å²) in [5, 5.41) is 0. The maximum Gasteiger partial charge on any atom is 0.416 e. The van der Waals surface area contributed by atoms with Crippen LogP contribution in [0.3, 0.4) is 0 Å². The normalized spacial score (nSPS) is 15.9. The van der Waals surface area contributed by atoms with Crippen molar-refractivity contribution in [1.29, 1.82) is 0 Å². The smallest absolute Gasteiger partial charge is 0.416 e. The van der Waals surface area contributed by atoms with Gasteiger partial charge in [-0.1, -0.05) is 12.1 Å². The summed E-state index contributed by atoms with van der Waals surface area (Å²) in [7, 11) is -4.54. The fourth-order valence-corrected chi connectivity index (χ4v) is 5.25. The average Bonchev–Trinajstić information content (AvgIpc) is 2.80. The monoisotopic (exact) mass is 558 g/mol. The van der Waals surface area contributed by atoms with E-state index < -0.39 is 50.2 Å². The van der Waals surface area contributed by atoms with Crippen molar-refractivity contribution in [1.82, 2.24) is 5.48 Å². The van der Waals surface area contributed by atoms with Crippen molar-refractivity contribution in [3.8, 4) is 5.75 Å². The summed E-state index contributed by atoms with van der Waals surface area (Å²) in [6.45, 7) is 6.61. The number of hydrogen-bond acceptors (Lipinski definition) is 7. The van der Waals surface area contributed by atoms with Crippen LogP contribution >= 0.6 is 0 Å². The lowest BCUT2D eigenvalue weighted by Crippen LogP contribution is -2.45. The minimum absolute atomic E-state index is 0.0185. The highest BCUT2D eigenvalue weighted by Gasteiger charge is 2.38. The van der Waals surface area contributed by atoms with E-state index in [0.29, 0.717) is 11.6 Å². The molecule has 0 spiro atoms. The molecule has 3 rings (SSSR count). The Labute approximate surface area is 218 Å². The van der Waals surface area contributed by atoms with Gasteiger partial charge in [0, 0.05) is 0 Å². The second-order valence-electron chi connectivity index (χ2n) is 9.53. The van der Waals surface area contributed by atoms with Gasteiger partial charge in [-0.15, -0.1) is 0 Å². The van der Waals surface area contributed by atoms with Crippen LogP contribution in [-0.2, 0) is 41.8 Å². The van der Waals surface area contributed by atoms with E-state index >= 15 is 0 Å². The van der Waals surface area contributed by atoms with Crippen LogP contribution < -0.4 is 14.5 Å². The van der Waals surface area contributed by atoms with Gasteiger partial charge in [0.15, 0.2) is 0 Å². The molecule has 2 aromatic rings. The molecular weight excluding hydrogens is 529 g/mol. The first-order chi connectivity index (χ1) is 17.6. The first-order valence-corrected chi connectivity index (χ1v) is 13.2. The summed E-state index contributed by atoms with van der Waals surface area (Å²) >= 11 is 0. The van der Waals surface area contributed by atoms with Crippen molar-refractivity contribution in [3.05, 3.63) is 53.6 Å². The molecule has 1 N–H and O–H groups in total. The predicted molar refractivity (Wildman–Crippen MR) is 131 cm³/mol. The summed E-state index contributed by atoms with van der Waals surface area (Å²) in [5.74, 6) is -1.04. The van der Waals surface area contributed by atoms with Gasteiger partial charge in [-0.2, -0.15) is 13.2 Å². The molecule has 0 unspecified atom stereocenters. The molecule has 1 atom stereocenters. The van der Waals surface area contributed by atoms with E-state index in [2.05, 4.69) is 5.48 Å². The predicted octanol–water partition coefficient (Wildman–Crippen LogP) is 4.00. The van der Waals surface area contributed by atoms with E-state index in [1.165, 1.54) is 12.1 Å². The molecule has 1 aliphatic rings. The van der Waals surface area contributed by atoms with Crippen LogP contribution in [0.4, 0.5) is 18.9 Å². The van der Waals surface area contributed by atoms with Crippen LogP contribution in [0.2, 0.25) is 0 Å². The minimum Gasteiger partial charge on any atom is -0.486 e. The van der Waals surface area contributed by atoms with Crippen molar-refractivity contribution in [2.75, 3.05) is 17.5 Å². The zero-order valence-electron chi connectivity index (χ0n) is 21.3. The molecular formula is C25H29F3N2O7S. The van der Waals surface area contributed by atoms with Gasteiger partial charge in [0.2, 0.25) is 5.91 Å². The third kappa shape index (κ3) is 7.38. The van der Waals surface area contributed by atoms with E-state index in [1.807, 2.05) is 0 Å². The molecule has 1 aliphatic heterocycles. The second kappa shape index (κ2) is 11.2. The van der Waals surface area contributed by atoms with Crippen LogP contribution in [0.25, 0.3) is 0 Å². The molecule has 38 heavy (non-hydrogen) atoms. The summed E-state index contributed by atoms with van der Waals surface area (Å²) in [4.78, 5) is 28.8. The molecule has 0 aliphatic carbocycles. The highest BCUT2D eigenvalue weighted by atomic mass is 32.2. The number of benzene rings is 2. The Bertz CT molecular complexity index is 1290. The molecule has 0 radical (unpaired) electrons. The Kier molecular flexibility index (Phi) is 8.62. The van der Waals surface area contributed by atoms with Gasteiger partial charge in [0.1, 0.15) is 17.5 Å². The first-order valence-electron chi connectivity index (χ1n) is 11.7. The number of carbonyl (C=O) groups excluding carboxylic acids is 2. The number of halogens is 3. The van der Waals surface area contributed by atoms with Crippen molar-refractivity contribution in [2.45, 2.75) is 63.3 Å². The van der Waals surface area contributed by atoms with Crippen molar-refractivity contribution in [2.24, 2.45) is 0 Å². The molecule has 1 heterocycles. The lowest BCUT2D eigenvalue weighted by molar-refractivity contribution is -0.154. The lowest BCUT2D eigenvalue weighted by Gasteiger charge is -2.35. The fraction of sp³-hybridized carbons (Fsp3) is 0.440. The number of ether oxygens (including phenoxy) is 2. The van der Waals surface area contributed by atoms with Crippen molar-refractivity contribution >= 4 is 27.6 Å². The Morgan fingerprint density at radius 3 is 2.47 bits per heavy atom. The number of anilines is 1. The van der Waals surface area contributed by atoms with Gasteiger partial charge in [-0.25, -0.2) is 13.9 Å². The molecule has 0 saturated carbocycles. The third-order valence-corrected chi connectivity index (χ3v) is 6.99. The highest BCUT2D eigenvalue weighted by Crippen LogP contribution is 2.39. The second-order valence-corrected chi connectivity index (χ2v) is 11.4. The lowest BCUT2D eigenvalue weighted by atomic mass is 10.1. The Morgan fingerprint density at radius 2 is 1.84 bits per heavy atom. The Morgan fingerprint density at radius 1 is 1.13 bits per heavy atom. The molecule has 9 nitrogen and oxygen atoms in total. The summed E-state index contributed by atoms with van der Waals surface area (Å²) in [6.07, 6.45) is -6.19. The number of nitrogens with zero attached hydrogens (tertiary/aromatic N) is 1. The third-order valence-electron chi connectivity index (χ3n) is 5.22. The number of esters is 1. The number of carbonyl (C=O) groups is 2. The topological polar surface area (TPSA) is 111 Å². The van der Waals surface area contributed by atoms with E-state index in [-0.39, 0.29) is 37.4 Å². The maximum atomic E-state index is 13.6. The van der Waals surface area contributed by atoms with Crippen LogP contribution in [0.1, 0.15) is 45.2 Å². The molecule has 2 aromatic carbocycles. The number of hydrogen-bond donors (Lipinski definition) is 1. The molecule has 13 heteroatoms. The highest BCUT2D eigenvalue weighted by molar-refractivity contribution is 7.92. The minimum atomic E-state index is -4.76. The molecule has 0 fully saturated rings. The molecule has 1 amide bonds. The van der Waals surface area contributed by atoms with Gasteiger partial charge >= 0.3 is 12.1 Å². The number of amides is 1. The van der Waals surface area contributed by atoms with Crippen LogP contribution in [0.15, 0.2) is 47.4 Å². The number of hydroxylamine groups is 1. The Hall–Kier alpha value is -3.32. The largest absolute Gasteiger partial charge is 0.486 e. The number of nitrogens with one attached hydrogen (secondary N) is 1. The molecule has 0 bridgehead atoms. The number of fused-ring (bicyclic) bond motifs is 1. The summed E-state index contributed by atoms with van der Waals surface area (Å²) in [6, 6.07) is 7.76. The molecule has 0 saturated heterocycles. The van der Waals surface area contributed by atoms with E-state index in [0.717, 1.165) is 22.5 Å². The Balaban J connectivity index is 2.01. The fourth-order valence-electron chi connectivity index (χ4n) is 3.71. The van der Waals surface area contributed by atoms with Crippen molar-refractivity contribution in [3.63, 3.8) is 0 Å². The van der Waals surface area contributed by atoms with Crippen LogP contribution in [0, 0.1) is 0 Å². The summed E-state index contributed by atoms with van der Waals surface area (Å²) in [5.41, 5.74) is 0.759. The number of alkyl halides is 3. The van der Waals surface area contributed by atoms with E-state index in [4.69, 9.17) is 14.3 Å². The number of sulfonamides is 1. The first kappa shape index (κ1) is 29.2. The van der Waals surface area contributed by atoms with Crippen LogP contribution in [-0.4, -0.2) is 45.2 Å². The molecule has 0 aromatic heterocycles. The zero-order chi connectivity index (χ0) is 28.3. The van der Waals surface area contributed by atoms with Gasteiger partial charge < -0.3 is 9.47 Å². The van der Waals surface area contributed by atoms with Crippen LogP contribution in [0.5, 0.6) is 5.75 Å². The maximum absolute atomic E-state index is 13.6.